The fourth-order valence-electron chi connectivity index (χ4n) is 3.74. The minimum Gasteiger partial charge on any atom is -0.436 e. The van der Waals surface area contributed by atoms with Crippen molar-refractivity contribution in [2.45, 2.75) is 50.6 Å². The maximum atomic E-state index is 12.9. The first-order valence-electron chi connectivity index (χ1n) is 8.94. The highest BCUT2D eigenvalue weighted by molar-refractivity contribution is 5.77. The topological polar surface area (TPSA) is 38.9 Å². The SMILES string of the molecule is FC(F)(F)c1ccc2oc(-c3ccncc3C3CCCCCC3)nc2c1. The lowest BCUT2D eigenvalue weighted by molar-refractivity contribution is -0.137. The number of hydrogen-bond acceptors (Lipinski definition) is 3. The van der Waals surface area contributed by atoms with Crippen LogP contribution in [0.15, 0.2) is 41.1 Å². The summed E-state index contributed by atoms with van der Waals surface area (Å²) < 4.78 is 44.6. The van der Waals surface area contributed by atoms with Crippen LogP contribution in [0.2, 0.25) is 0 Å². The number of pyridine rings is 1. The summed E-state index contributed by atoms with van der Waals surface area (Å²) in [7, 11) is 0. The predicted molar refractivity (Wildman–Crippen MR) is 92.7 cm³/mol. The number of benzene rings is 1. The third-order valence-electron chi connectivity index (χ3n) is 5.09. The van der Waals surface area contributed by atoms with Crippen LogP contribution >= 0.6 is 0 Å². The summed E-state index contributed by atoms with van der Waals surface area (Å²) in [4.78, 5) is 8.60. The van der Waals surface area contributed by atoms with E-state index in [1.807, 2.05) is 12.3 Å². The zero-order valence-electron chi connectivity index (χ0n) is 14.2. The molecule has 2 aromatic heterocycles. The summed E-state index contributed by atoms with van der Waals surface area (Å²) in [5.74, 6) is 0.753. The van der Waals surface area contributed by atoms with Crippen LogP contribution in [-0.2, 0) is 6.18 Å². The molecule has 1 aliphatic rings. The van der Waals surface area contributed by atoms with Gasteiger partial charge in [-0.15, -0.1) is 0 Å². The van der Waals surface area contributed by atoms with E-state index in [0.717, 1.165) is 36.1 Å². The van der Waals surface area contributed by atoms with Crippen LogP contribution in [-0.4, -0.2) is 9.97 Å². The van der Waals surface area contributed by atoms with Crippen molar-refractivity contribution in [3.63, 3.8) is 0 Å². The molecule has 0 radical (unpaired) electrons. The van der Waals surface area contributed by atoms with E-state index >= 15 is 0 Å². The number of nitrogens with zero attached hydrogens (tertiary/aromatic N) is 2. The van der Waals surface area contributed by atoms with Crippen molar-refractivity contribution in [1.29, 1.82) is 0 Å². The van der Waals surface area contributed by atoms with Crippen molar-refractivity contribution in [2.75, 3.05) is 0 Å². The van der Waals surface area contributed by atoms with Gasteiger partial charge in [0.05, 0.1) is 5.56 Å². The fourth-order valence-corrected chi connectivity index (χ4v) is 3.74. The van der Waals surface area contributed by atoms with Gasteiger partial charge in [0.25, 0.3) is 0 Å². The van der Waals surface area contributed by atoms with E-state index in [4.69, 9.17) is 4.42 Å². The number of hydrogen-bond donors (Lipinski definition) is 0. The quantitative estimate of drug-likeness (QED) is 0.500. The lowest BCUT2D eigenvalue weighted by Crippen LogP contribution is -2.04. The van der Waals surface area contributed by atoms with E-state index in [9.17, 15) is 13.2 Å². The Hall–Kier alpha value is -2.37. The molecule has 136 valence electrons. The first-order chi connectivity index (χ1) is 12.5. The van der Waals surface area contributed by atoms with Crippen LogP contribution < -0.4 is 0 Å². The molecule has 0 spiro atoms. The Morgan fingerprint density at radius 3 is 2.50 bits per heavy atom. The second-order valence-corrected chi connectivity index (χ2v) is 6.85. The summed E-state index contributed by atoms with van der Waals surface area (Å²) in [6.45, 7) is 0. The molecule has 1 aromatic carbocycles. The highest BCUT2D eigenvalue weighted by Crippen LogP contribution is 2.38. The second-order valence-electron chi connectivity index (χ2n) is 6.85. The van der Waals surface area contributed by atoms with Crippen molar-refractivity contribution < 1.29 is 17.6 Å². The molecule has 1 saturated carbocycles. The summed E-state index contributed by atoms with van der Waals surface area (Å²) >= 11 is 0. The van der Waals surface area contributed by atoms with Gasteiger partial charge in [0, 0.05) is 18.0 Å². The number of halogens is 3. The Kier molecular flexibility index (Phi) is 4.42. The predicted octanol–water partition coefficient (Wildman–Crippen LogP) is 6.35. The molecular weight excluding hydrogens is 341 g/mol. The van der Waals surface area contributed by atoms with E-state index in [0.29, 0.717) is 17.4 Å². The molecule has 0 amide bonds. The van der Waals surface area contributed by atoms with Gasteiger partial charge in [-0.25, -0.2) is 4.98 Å². The Morgan fingerprint density at radius 1 is 1.00 bits per heavy atom. The lowest BCUT2D eigenvalue weighted by Gasteiger charge is -2.16. The smallest absolute Gasteiger partial charge is 0.416 e. The van der Waals surface area contributed by atoms with Gasteiger partial charge >= 0.3 is 6.18 Å². The molecule has 0 bridgehead atoms. The number of alkyl halides is 3. The van der Waals surface area contributed by atoms with Crippen LogP contribution in [0, 0.1) is 0 Å². The summed E-state index contributed by atoms with van der Waals surface area (Å²) in [5.41, 5.74) is 1.77. The van der Waals surface area contributed by atoms with Gasteiger partial charge in [-0.05, 0) is 48.6 Å². The van der Waals surface area contributed by atoms with E-state index in [-0.39, 0.29) is 5.52 Å². The van der Waals surface area contributed by atoms with Crippen LogP contribution in [0.25, 0.3) is 22.6 Å². The van der Waals surface area contributed by atoms with E-state index in [1.165, 1.54) is 31.7 Å². The van der Waals surface area contributed by atoms with E-state index in [2.05, 4.69) is 9.97 Å². The molecule has 0 saturated heterocycles. The number of aromatic nitrogens is 2. The maximum Gasteiger partial charge on any atom is 0.416 e. The van der Waals surface area contributed by atoms with E-state index < -0.39 is 11.7 Å². The van der Waals surface area contributed by atoms with Crippen molar-refractivity contribution in [2.24, 2.45) is 0 Å². The first-order valence-corrected chi connectivity index (χ1v) is 8.94. The summed E-state index contributed by atoms with van der Waals surface area (Å²) in [6, 6.07) is 5.24. The number of rotatable bonds is 2. The van der Waals surface area contributed by atoms with Crippen LogP contribution in [0.5, 0.6) is 0 Å². The lowest BCUT2D eigenvalue weighted by atomic mass is 9.90. The van der Waals surface area contributed by atoms with Crippen LogP contribution in [0.4, 0.5) is 13.2 Å². The molecule has 4 rings (SSSR count). The first kappa shape index (κ1) is 17.1. The molecule has 0 unspecified atom stereocenters. The Bertz CT molecular complexity index is 909. The van der Waals surface area contributed by atoms with Gasteiger partial charge in [0.1, 0.15) is 5.52 Å². The van der Waals surface area contributed by atoms with E-state index in [1.54, 1.807) is 6.20 Å². The standard InChI is InChI=1S/C20H19F3N2O/c21-20(22,23)14-7-8-18-17(11-14)25-19(26-18)15-9-10-24-12-16(15)13-5-3-1-2-4-6-13/h7-13H,1-6H2. The fraction of sp³-hybridized carbons (Fsp3) is 0.400. The van der Waals surface area contributed by atoms with Gasteiger partial charge in [-0.3, -0.25) is 4.98 Å². The van der Waals surface area contributed by atoms with Gasteiger partial charge < -0.3 is 4.42 Å². The Morgan fingerprint density at radius 2 is 1.77 bits per heavy atom. The Balaban J connectivity index is 1.75. The molecule has 1 fully saturated rings. The number of fused-ring (bicyclic) bond motifs is 1. The molecule has 3 nitrogen and oxygen atoms in total. The minimum absolute atomic E-state index is 0.221. The zero-order chi connectivity index (χ0) is 18.1. The van der Waals surface area contributed by atoms with Crippen molar-refractivity contribution >= 4 is 11.1 Å². The largest absolute Gasteiger partial charge is 0.436 e. The zero-order valence-corrected chi connectivity index (χ0v) is 14.2. The minimum atomic E-state index is -4.39. The third kappa shape index (κ3) is 3.32. The molecule has 26 heavy (non-hydrogen) atoms. The Labute approximate surface area is 149 Å². The van der Waals surface area contributed by atoms with Crippen LogP contribution in [0.3, 0.4) is 0 Å². The summed E-state index contributed by atoms with van der Waals surface area (Å²) in [5, 5.41) is 0. The third-order valence-corrected chi connectivity index (χ3v) is 5.09. The second kappa shape index (κ2) is 6.74. The van der Waals surface area contributed by atoms with Gasteiger partial charge in [0.2, 0.25) is 5.89 Å². The molecule has 2 heterocycles. The van der Waals surface area contributed by atoms with Crippen LogP contribution in [0.1, 0.15) is 55.6 Å². The average molecular weight is 360 g/mol. The number of oxazole rings is 1. The molecular formula is C20H19F3N2O. The van der Waals surface area contributed by atoms with Crippen molar-refractivity contribution in [3.05, 3.63) is 47.8 Å². The van der Waals surface area contributed by atoms with Gasteiger partial charge in [0.15, 0.2) is 5.58 Å². The van der Waals surface area contributed by atoms with Crippen molar-refractivity contribution in [3.8, 4) is 11.5 Å². The molecule has 0 aliphatic heterocycles. The normalized spacial score (nSPS) is 16.7. The highest BCUT2D eigenvalue weighted by Gasteiger charge is 2.31. The molecule has 1 aliphatic carbocycles. The monoisotopic (exact) mass is 360 g/mol. The average Bonchev–Trinajstić information content (AvgIpc) is 2.86. The molecule has 0 atom stereocenters. The summed E-state index contributed by atoms with van der Waals surface area (Å²) in [6.07, 6.45) is 6.17. The molecule has 3 aromatic rings. The van der Waals surface area contributed by atoms with Gasteiger partial charge in [-0.2, -0.15) is 13.2 Å². The van der Waals surface area contributed by atoms with Crippen molar-refractivity contribution in [1.82, 2.24) is 9.97 Å². The highest BCUT2D eigenvalue weighted by atomic mass is 19.4. The molecule has 0 N–H and O–H groups in total. The molecule has 6 heteroatoms. The maximum absolute atomic E-state index is 12.9. The van der Waals surface area contributed by atoms with Gasteiger partial charge in [-0.1, -0.05) is 25.7 Å².